The zero-order valence-corrected chi connectivity index (χ0v) is 11.1. The minimum atomic E-state index is -4.80. The molecule has 110 valence electrons. The van der Waals surface area contributed by atoms with E-state index in [4.69, 9.17) is 9.47 Å². The smallest absolute Gasteiger partial charge is 0.431 e. The van der Waals surface area contributed by atoms with E-state index >= 15 is 0 Å². The zero-order chi connectivity index (χ0) is 15.0. The number of hydrogen-bond donors (Lipinski definition) is 0. The average Bonchev–Trinajstić information content (AvgIpc) is 3.13. The van der Waals surface area contributed by atoms with Gasteiger partial charge in [-0.05, 0) is 11.5 Å². The molecule has 0 unspecified atom stereocenters. The van der Waals surface area contributed by atoms with Crippen LogP contribution < -0.4 is 0 Å². The van der Waals surface area contributed by atoms with Crippen LogP contribution in [0, 0.1) is 5.92 Å². The fourth-order valence-electron chi connectivity index (χ4n) is 1.92. The fraction of sp³-hybridized carbons (Fsp3) is 0.500. The molecule has 1 fully saturated rings. The standard InChI is InChI=1S/C14H15F3O3/c1-9(2)8-19-12(18)13(14(15,16)17)11(20-13)10-6-4-3-5-7-10/h3-7,9,11H,8H2,1-2H3/t11-,13+/m1/s1. The van der Waals surface area contributed by atoms with Gasteiger partial charge in [-0.1, -0.05) is 44.2 Å². The van der Waals surface area contributed by atoms with E-state index in [0.29, 0.717) is 5.56 Å². The van der Waals surface area contributed by atoms with Crippen molar-refractivity contribution >= 4 is 5.97 Å². The van der Waals surface area contributed by atoms with E-state index in [0.717, 1.165) is 0 Å². The molecule has 1 aliphatic rings. The monoisotopic (exact) mass is 288 g/mol. The summed E-state index contributed by atoms with van der Waals surface area (Å²) < 4.78 is 49.0. The Morgan fingerprint density at radius 2 is 1.95 bits per heavy atom. The molecule has 1 aromatic carbocycles. The number of carbonyl (C=O) groups is 1. The van der Waals surface area contributed by atoms with Gasteiger partial charge in [-0.15, -0.1) is 0 Å². The Morgan fingerprint density at radius 1 is 1.35 bits per heavy atom. The van der Waals surface area contributed by atoms with Crippen molar-refractivity contribution in [2.75, 3.05) is 6.61 Å². The van der Waals surface area contributed by atoms with Crippen LogP contribution in [0.1, 0.15) is 25.5 Å². The van der Waals surface area contributed by atoms with E-state index in [-0.39, 0.29) is 12.5 Å². The molecule has 0 saturated carbocycles. The Morgan fingerprint density at radius 3 is 2.45 bits per heavy atom. The first-order valence-electron chi connectivity index (χ1n) is 6.25. The van der Waals surface area contributed by atoms with Crippen LogP contribution in [0.5, 0.6) is 0 Å². The highest BCUT2D eigenvalue weighted by atomic mass is 19.4. The Kier molecular flexibility index (Phi) is 3.77. The van der Waals surface area contributed by atoms with Crippen molar-refractivity contribution in [2.45, 2.75) is 31.7 Å². The topological polar surface area (TPSA) is 38.8 Å². The molecule has 1 aromatic rings. The first-order chi connectivity index (χ1) is 9.29. The van der Waals surface area contributed by atoms with Gasteiger partial charge in [0.15, 0.2) is 0 Å². The number of alkyl halides is 3. The second kappa shape index (κ2) is 5.09. The van der Waals surface area contributed by atoms with E-state index in [2.05, 4.69) is 0 Å². The highest BCUT2D eigenvalue weighted by Gasteiger charge is 2.80. The van der Waals surface area contributed by atoms with Crippen LogP contribution in [0.3, 0.4) is 0 Å². The molecule has 2 rings (SSSR count). The molecule has 1 heterocycles. The normalized spacial score (nSPS) is 25.6. The Hall–Kier alpha value is -1.56. The largest absolute Gasteiger partial charge is 0.463 e. The molecule has 0 amide bonds. The molecule has 0 aliphatic carbocycles. The van der Waals surface area contributed by atoms with Crippen LogP contribution >= 0.6 is 0 Å². The van der Waals surface area contributed by atoms with Gasteiger partial charge in [-0.2, -0.15) is 13.2 Å². The van der Waals surface area contributed by atoms with Crippen molar-refractivity contribution in [3.8, 4) is 0 Å². The molecular formula is C14H15F3O3. The molecule has 20 heavy (non-hydrogen) atoms. The first-order valence-corrected chi connectivity index (χ1v) is 6.25. The number of hydrogen-bond acceptors (Lipinski definition) is 3. The molecule has 1 aliphatic heterocycles. The van der Waals surface area contributed by atoms with E-state index in [1.165, 1.54) is 12.1 Å². The summed E-state index contributed by atoms with van der Waals surface area (Å²) in [7, 11) is 0. The predicted molar refractivity (Wildman–Crippen MR) is 64.9 cm³/mol. The maximum atomic E-state index is 13.2. The first kappa shape index (κ1) is 14.8. The third kappa shape index (κ3) is 2.52. The molecule has 0 N–H and O–H groups in total. The number of carbonyl (C=O) groups excluding carboxylic acids is 1. The van der Waals surface area contributed by atoms with Crippen molar-refractivity contribution in [1.82, 2.24) is 0 Å². The summed E-state index contributed by atoms with van der Waals surface area (Å²) in [6, 6.07) is 7.86. The highest BCUT2D eigenvalue weighted by molar-refractivity contribution is 5.85. The lowest BCUT2D eigenvalue weighted by Gasteiger charge is -2.16. The molecule has 0 aromatic heterocycles. The molecule has 6 heteroatoms. The van der Waals surface area contributed by atoms with Gasteiger partial charge in [0.1, 0.15) is 6.10 Å². The lowest BCUT2D eigenvalue weighted by molar-refractivity contribution is -0.204. The Balaban J connectivity index is 2.21. The molecule has 2 atom stereocenters. The maximum absolute atomic E-state index is 13.2. The molecule has 0 radical (unpaired) electrons. The molecule has 0 bridgehead atoms. The van der Waals surface area contributed by atoms with E-state index in [9.17, 15) is 18.0 Å². The number of esters is 1. The van der Waals surface area contributed by atoms with Crippen molar-refractivity contribution in [3.05, 3.63) is 35.9 Å². The summed E-state index contributed by atoms with van der Waals surface area (Å²) in [5.41, 5.74) is -2.55. The van der Waals surface area contributed by atoms with Crippen LogP contribution in [0.2, 0.25) is 0 Å². The quantitative estimate of drug-likeness (QED) is 0.630. The maximum Gasteiger partial charge on any atom is 0.431 e. The van der Waals surface area contributed by atoms with Crippen molar-refractivity contribution in [1.29, 1.82) is 0 Å². The van der Waals surface area contributed by atoms with E-state index < -0.39 is 23.9 Å². The van der Waals surface area contributed by atoms with Gasteiger partial charge in [0.25, 0.3) is 5.60 Å². The Labute approximate surface area is 114 Å². The van der Waals surface area contributed by atoms with Crippen LogP contribution in [-0.2, 0) is 14.3 Å². The van der Waals surface area contributed by atoms with Gasteiger partial charge >= 0.3 is 12.1 Å². The molecule has 0 spiro atoms. The van der Waals surface area contributed by atoms with Gasteiger partial charge in [0.05, 0.1) is 6.61 Å². The highest BCUT2D eigenvalue weighted by Crippen LogP contribution is 2.59. The van der Waals surface area contributed by atoms with Gasteiger partial charge in [0, 0.05) is 0 Å². The van der Waals surface area contributed by atoms with Gasteiger partial charge in [-0.3, -0.25) is 0 Å². The number of rotatable bonds is 4. The second-order valence-electron chi connectivity index (χ2n) is 5.13. The average molecular weight is 288 g/mol. The zero-order valence-electron chi connectivity index (χ0n) is 11.1. The molecule has 1 saturated heterocycles. The van der Waals surface area contributed by atoms with E-state index in [1.54, 1.807) is 32.0 Å². The summed E-state index contributed by atoms with van der Waals surface area (Å²) >= 11 is 0. The van der Waals surface area contributed by atoms with Crippen LogP contribution in [0.15, 0.2) is 30.3 Å². The van der Waals surface area contributed by atoms with Crippen LogP contribution in [-0.4, -0.2) is 24.4 Å². The number of halogens is 3. The molecule has 3 nitrogen and oxygen atoms in total. The third-order valence-corrected chi connectivity index (χ3v) is 2.99. The third-order valence-electron chi connectivity index (χ3n) is 2.99. The predicted octanol–water partition coefficient (Wildman–Crippen LogP) is 3.26. The summed E-state index contributed by atoms with van der Waals surface area (Å²) in [5, 5.41) is 0. The van der Waals surface area contributed by atoms with Crippen LogP contribution in [0.4, 0.5) is 13.2 Å². The van der Waals surface area contributed by atoms with Crippen molar-refractivity contribution in [3.63, 3.8) is 0 Å². The lowest BCUT2D eigenvalue weighted by atomic mass is 9.99. The van der Waals surface area contributed by atoms with Crippen molar-refractivity contribution < 1.29 is 27.4 Å². The summed E-state index contributed by atoms with van der Waals surface area (Å²) in [6.07, 6.45) is -6.13. The minimum Gasteiger partial charge on any atom is -0.463 e. The number of epoxide rings is 1. The second-order valence-corrected chi connectivity index (χ2v) is 5.13. The van der Waals surface area contributed by atoms with Gasteiger partial charge < -0.3 is 9.47 Å². The summed E-state index contributed by atoms with van der Waals surface area (Å²) in [5.74, 6) is -1.41. The van der Waals surface area contributed by atoms with Gasteiger partial charge in [0.2, 0.25) is 0 Å². The lowest BCUT2D eigenvalue weighted by Crippen LogP contribution is -2.43. The Bertz CT molecular complexity index is 484. The number of benzene rings is 1. The van der Waals surface area contributed by atoms with Gasteiger partial charge in [-0.25, -0.2) is 4.79 Å². The van der Waals surface area contributed by atoms with Crippen molar-refractivity contribution in [2.24, 2.45) is 5.92 Å². The minimum absolute atomic E-state index is 0.0434. The number of ether oxygens (including phenoxy) is 2. The van der Waals surface area contributed by atoms with E-state index in [1.807, 2.05) is 0 Å². The SMILES string of the molecule is CC(C)COC(=O)[C@@]1(C(F)(F)F)O[C@@H]1c1ccccc1. The van der Waals surface area contributed by atoms with Crippen LogP contribution in [0.25, 0.3) is 0 Å². The summed E-state index contributed by atoms with van der Waals surface area (Å²) in [4.78, 5) is 11.8. The fourth-order valence-corrected chi connectivity index (χ4v) is 1.92. The molecular weight excluding hydrogens is 273 g/mol. The summed E-state index contributed by atoms with van der Waals surface area (Å²) in [6.45, 7) is 3.42.